The summed E-state index contributed by atoms with van der Waals surface area (Å²) in [5.41, 5.74) is 0.586. The van der Waals surface area contributed by atoms with Crippen molar-refractivity contribution in [3.8, 4) is 0 Å². The number of rotatable bonds is 4. The highest BCUT2D eigenvalue weighted by molar-refractivity contribution is 5.79. The zero-order chi connectivity index (χ0) is 17.1. The molecule has 1 amide bonds. The molecule has 0 radical (unpaired) electrons. The molecule has 5 heteroatoms. The van der Waals surface area contributed by atoms with Gasteiger partial charge in [-0.3, -0.25) is 14.2 Å². The van der Waals surface area contributed by atoms with Crippen LogP contribution in [0.15, 0.2) is 29.1 Å². The van der Waals surface area contributed by atoms with Crippen LogP contribution < -0.4 is 5.56 Å². The lowest BCUT2D eigenvalue weighted by Gasteiger charge is -2.35. The first kappa shape index (κ1) is 16.7. The van der Waals surface area contributed by atoms with Gasteiger partial charge in [-0.25, -0.2) is 4.98 Å². The lowest BCUT2D eigenvalue weighted by atomic mass is 10.00. The summed E-state index contributed by atoms with van der Waals surface area (Å²) < 4.78 is 1.56. The molecule has 128 valence electrons. The zero-order valence-electron chi connectivity index (χ0n) is 14.5. The topological polar surface area (TPSA) is 55.2 Å². The monoisotopic (exact) mass is 327 g/mol. The van der Waals surface area contributed by atoms with Crippen molar-refractivity contribution in [2.75, 3.05) is 6.54 Å². The largest absolute Gasteiger partial charge is 0.338 e. The van der Waals surface area contributed by atoms with Crippen LogP contribution in [0.4, 0.5) is 0 Å². The smallest absolute Gasteiger partial charge is 0.261 e. The van der Waals surface area contributed by atoms with Gasteiger partial charge in [0.1, 0.15) is 12.4 Å². The zero-order valence-corrected chi connectivity index (χ0v) is 14.5. The van der Waals surface area contributed by atoms with Crippen LogP contribution in [0.3, 0.4) is 0 Å². The Kier molecular flexibility index (Phi) is 4.97. The lowest BCUT2D eigenvalue weighted by Crippen LogP contribution is -2.46. The Morgan fingerprint density at radius 1 is 1.25 bits per heavy atom. The second-order valence-corrected chi connectivity index (χ2v) is 6.44. The average molecular weight is 327 g/mol. The minimum atomic E-state index is -0.115. The Morgan fingerprint density at radius 2 is 2.04 bits per heavy atom. The van der Waals surface area contributed by atoms with E-state index in [-0.39, 0.29) is 18.0 Å². The molecule has 2 aromatic rings. The fraction of sp³-hybridized carbons (Fsp3) is 0.526. The van der Waals surface area contributed by atoms with Crippen molar-refractivity contribution >= 4 is 16.8 Å². The van der Waals surface area contributed by atoms with Crippen molar-refractivity contribution in [3.05, 3.63) is 40.4 Å². The number of fused-ring (bicyclic) bond motifs is 1. The van der Waals surface area contributed by atoms with Crippen LogP contribution in [0.5, 0.6) is 0 Å². The van der Waals surface area contributed by atoms with Gasteiger partial charge in [-0.1, -0.05) is 26.0 Å². The van der Waals surface area contributed by atoms with E-state index in [1.165, 1.54) is 6.42 Å². The number of aromatic nitrogens is 2. The maximum Gasteiger partial charge on any atom is 0.261 e. The van der Waals surface area contributed by atoms with Crippen molar-refractivity contribution in [1.29, 1.82) is 0 Å². The molecule has 0 bridgehead atoms. The molecule has 5 nitrogen and oxygen atoms in total. The van der Waals surface area contributed by atoms with Gasteiger partial charge in [0, 0.05) is 19.0 Å². The van der Waals surface area contributed by atoms with E-state index in [1.807, 2.05) is 30.0 Å². The number of carbonyl (C=O) groups excluding carboxylic acids is 1. The van der Waals surface area contributed by atoms with Gasteiger partial charge in [0.25, 0.3) is 5.56 Å². The predicted octanol–water partition coefficient (Wildman–Crippen LogP) is 2.75. The highest BCUT2D eigenvalue weighted by Crippen LogP contribution is 2.20. The Bertz CT molecular complexity index is 797. The number of hydrogen-bond acceptors (Lipinski definition) is 3. The number of likely N-dealkylation sites (tertiary alicyclic amines) is 1. The maximum atomic E-state index is 12.8. The number of benzene rings is 1. The normalized spacial score (nSPS) is 18.1. The fourth-order valence-corrected chi connectivity index (χ4v) is 3.63. The quantitative estimate of drug-likeness (QED) is 0.867. The molecular formula is C19H25N3O2. The van der Waals surface area contributed by atoms with Crippen molar-refractivity contribution in [2.24, 2.45) is 0 Å². The van der Waals surface area contributed by atoms with Gasteiger partial charge in [-0.05, 0) is 37.8 Å². The number of para-hydroxylation sites is 1. The predicted molar refractivity (Wildman–Crippen MR) is 95.0 cm³/mol. The highest BCUT2D eigenvalue weighted by Gasteiger charge is 2.26. The standard InChI is InChI=1S/C19H25N3O2/c1-3-14-9-7-8-12-21(14)18(23)13-22-17(4-2)20-16-11-6-5-10-15(16)19(22)24/h5-6,10-11,14H,3-4,7-9,12-13H2,1-2H3. The second-order valence-electron chi connectivity index (χ2n) is 6.44. The molecule has 1 aromatic heterocycles. The first-order valence-electron chi connectivity index (χ1n) is 8.93. The molecule has 1 saturated heterocycles. The summed E-state index contributed by atoms with van der Waals surface area (Å²) in [5, 5.41) is 0.577. The highest BCUT2D eigenvalue weighted by atomic mass is 16.2. The van der Waals surface area contributed by atoms with Crippen molar-refractivity contribution < 1.29 is 4.79 Å². The van der Waals surface area contributed by atoms with Crippen molar-refractivity contribution in [1.82, 2.24) is 14.5 Å². The molecule has 0 N–H and O–H groups in total. The summed E-state index contributed by atoms with van der Waals surface area (Å²) in [6.45, 7) is 4.98. The van der Waals surface area contributed by atoms with E-state index in [0.717, 1.165) is 25.8 Å². The maximum absolute atomic E-state index is 12.8. The van der Waals surface area contributed by atoms with E-state index >= 15 is 0 Å². The van der Waals surface area contributed by atoms with Gasteiger partial charge in [0.2, 0.25) is 5.91 Å². The number of piperidine rings is 1. The molecule has 0 saturated carbocycles. The Labute approximate surface area is 142 Å². The van der Waals surface area contributed by atoms with Crippen LogP contribution >= 0.6 is 0 Å². The molecule has 1 aliphatic rings. The summed E-state index contributed by atoms with van der Waals surface area (Å²) in [7, 11) is 0. The van der Waals surface area contributed by atoms with Crippen LogP contribution in [0.2, 0.25) is 0 Å². The van der Waals surface area contributed by atoms with E-state index < -0.39 is 0 Å². The number of aryl methyl sites for hydroxylation is 1. The van der Waals surface area contributed by atoms with Crippen LogP contribution in [0.25, 0.3) is 10.9 Å². The third-order valence-corrected chi connectivity index (χ3v) is 4.97. The SMILES string of the molecule is CCc1nc2ccccc2c(=O)n1CC(=O)N1CCCCC1CC. The minimum Gasteiger partial charge on any atom is -0.338 e. The first-order valence-corrected chi connectivity index (χ1v) is 8.93. The fourth-order valence-electron chi connectivity index (χ4n) is 3.63. The molecule has 1 atom stereocenters. The van der Waals surface area contributed by atoms with Gasteiger partial charge in [0.05, 0.1) is 10.9 Å². The summed E-state index contributed by atoms with van der Waals surface area (Å²) in [6.07, 6.45) is 4.89. The second kappa shape index (κ2) is 7.16. The van der Waals surface area contributed by atoms with E-state index in [1.54, 1.807) is 10.6 Å². The van der Waals surface area contributed by atoms with Crippen molar-refractivity contribution in [3.63, 3.8) is 0 Å². The molecular weight excluding hydrogens is 302 g/mol. The van der Waals surface area contributed by atoms with E-state index in [2.05, 4.69) is 11.9 Å². The van der Waals surface area contributed by atoms with E-state index in [9.17, 15) is 9.59 Å². The number of amides is 1. The van der Waals surface area contributed by atoms with Gasteiger partial charge in [0.15, 0.2) is 0 Å². The van der Waals surface area contributed by atoms with Crippen LogP contribution in [0, 0.1) is 0 Å². The third kappa shape index (κ3) is 3.07. The summed E-state index contributed by atoms with van der Waals surface area (Å²) >= 11 is 0. The van der Waals surface area contributed by atoms with Gasteiger partial charge >= 0.3 is 0 Å². The van der Waals surface area contributed by atoms with Crippen molar-refractivity contribution in [2.45, 2.75) is 58.5 Å². The molecule has 1 aliphatic heterocycles. The van der Waals surface area contributed by atoms with E-state index in [4.69, 9.17) is 0 Å². The molecule has 24 heavy (non-hydrogen) atoms. The van der Waals surface area contributed by atoms with Gasteiger partial charge in [-0.2, -0.15) is 0 Å². The molecule has 1 unspecified atom stereocenters. The summed E-state index contributed by atoms with van der Waals surface area (Å²) in [6, 6.07) is 7.64. The summed E-state index contributed by atoms with van der Waals surface area (Å²) in [4.78, 5) is 32.2. The number of nitrogens with zero attached hydrogens (tertiary/aromatic N) is 3. The first-order chi connectivity index (χ1) is 11.7. The molecule has 1 aromatic carbocycles. The Balaban J connectivity index is 1.95. The Hall–Kier alpha value is -2.17. The van der Waals surface area contributed by atoms with Crippen LogP contribution in [-0.4, -0.2) is 32.9 Å². The molecule has 0 aliphatic carbocycles. The molecule has 1 fully saturated rings. The van der Waals surface area contributed by atoms with Gasteiger partial charge in [-0.15, -0.1) is 0 Å². The van der Waals surface area contributed by atoms with Crippen LogP contribution in [-0.2, 0) is 17.8 Å². The minimum absolute atomic E-state index is 0.0374. The lowest BCUT2D eigenvalue weighted by molar-refractivity contribution is -0.135. The number of carbonyl (C=O) groups is 1. The van der Waals surface area contributed by atoms with Gasteiger partial charge < -0.3 is 4.90 Å². The van der Waals surface area contributed by atoms with E-state index in [0.29, 0.717) is 29.2 Å². The number of hydrogen-bond donors (Lipinski definition) is 0. The molecule has 3 rings (SSSR count). The summed E-state index contributed by atoms with van der Waals surface area (Å²) in [5.74, 6) is 0.715. The molecule has 0 spiro atoms. The molecule has 2 heterocycles. The average Bonchev–Trinajstić information content (AvgIpc) is 2.63. The third-order valence-electron chi connectivity index (χ3n) is 4.97. The van der Waals surface area contributed by atoms with Crippen LogP contribution in [0.1, 0.15) is 45.4 Å². The Morgan fingerprint density at radius 3 is 2.79 bits per heavy atom.